The lowest BCUT2D eigenvalue weighted by Crippen LogP contribution is -2.30. The van der Waals surface area contributed by atoms with Gasteiger partial charge >= 0.3 is 5.97 Å². The third kappa shape index (κ3) is 3.72. The number of nitrogens with one attached hydrogen (secondary N) is 1. The smallest absolute Gasteiger partial charge is 0.306 e. The maximum Gasteiger partial charge on any atom is 0.306 e. The number of aliphatic carboxylic acids is 1. The maximum absolute atomic E-state index is 12.5. The minimum absolute atomic E-state index is 0.0893. The van der Waals surface area contributed by atoms with Crippen LogP contribution in [0.3, 0.4) is 0 Å². The van der Waals surface area contributed by atoms with Crippen molar-refractivity contribution in [2.45, 2.75) is 51.5 Å². The highest BCUT2D eigenvalue weighted by Crippen LogP contribution is 2.30. The largest absolute Gasteiger partial charge is 0.481 e. The molecule has 2 unspecified atom stereocenters. The molecule has 7 nitrogen and oxygen atoms in total. The molecule has 1 fully saturated rings. The number of benzene rings is 1. The molecule has 0 radical (unpaired) electrons. The van der Waals surface area contributed by atoms with Crippen molar-refractivity contribution in [3.8, 4) is 11.4 Å². The van der Waals surface area contributed by atoms with E-state index in [4.69, 9.17) is 0 Å². The molecule has 2 aliphatic rings. The van der Waals surface area contributed by atoms with Crippen molar-refractivity contribution in [3.05, 3.63) is 30.1 Å². The molecule has 0 spiro atoms. The Bertz CT molecular complexity index is 843. The first kappa shape index (κ1) is 17.7. The summed E-state index contributed by atoms with van der Waals surface area (Å²) < 4.78 is 2.17. The summed E-state index contributed by atoms with van der Waals surface area (Å²) in [6.07, 6.45) is 5.89. The first-order valence-electron chi connectivity index (χ1n) is 9.68. The zero-order chi connectivity index (χ0) is 18.8. The maximum atomic E-state index is 12.5. The van der Waals surface area contributed by atoms with E-state index < -0.39 is 11.9 Å². The van der Waals surface area contributed by atoms with Crippen molar-refractivity contribution in [2.24, 2.45) is 11.8 Å². The van der Waals surface area contributed by atoms with Gasteiger partial charge in [0.2, 0.25) is 5.91 Å². The van der Waals surface area contributed by atoms with E-state index >= 15 is 0 Å². The van der Waals surface area contributed by atoms with Gasteiger partial charge in [-0.2, -0.15) is 0 Å². The van der Waals surface area contributed by atoms with Gasteiger partial charge < -0.3 is 15.0 Å². The molecule has 1 aliphatic heterocycles. The van der Waals surface area contributed by atoms with Gasteiger partial charge in [0.15, 0.2) is 5.82 Å². The van der Waals surface area contributed by atoms with Crippen molar-refractivity contribution in [1.82, 2.24) is 14.8 Å². The number of anilines is 1. The zero-order valence-electron chi connectivity index (χ0n) is 15.2. The minimum Gasteiger partial charge on any atom is -0.481 e. The monoisotopic (exact) mass is 368 g/mol. The third-order valence-electron chi connectivity index (χ3n) is 5.66. The summed E-state index contributed by atoms with van der Waals surface area (Å²) in [5.74, 6) is 0.388. The Labute approximate surface area is 157 Å². The topological polar surface area (TPSA) is 97.1 Å². The Hall–Kier alpha value is -2.70. The highest BCUT2D eigenvalue weighted by atomic mass is 16.4. The number of carboxylic acids is 1. The van der Waals surface area contributed by atoms with E-state index in [9.17, 15) is 14.7 Å². The molecule has 1 aromatic heterocycles. The number of aromatic nitrogens is 3. The molecule has 1 aromatic carbocycles. The van der Waals surface area contributed by atoms with Crippen LogP contribution in [0, 0.1) is 11.8 Å². The summed E-state index contributed by atoms with van der Waals surface area (Å²) in [6, 6.07) is 7.63. The van der Waals surface area contributed by atoms with Crippen LogP contribution in [-0.2, 0) is 22.6 Å². The average molecular weight is 368 g/mol. The van der Waals surface area contributed by atoms with E-state index in [0.29, 0.717) is 12.8 Å². The first-order valence-corrected chi connectivity index (χ1v) is 9.68. The van der Waals surface area contributed by atoms with E-state index in [1.165, 1.54) is 0 Å². The predicted octanol–water partition coefficient (Wildman–Crippen LogP) is 3.11. The van der Waals surface area contributed by atoms with Crippen LogP contribution in [0.15, 0.2) is 24.3 Å². The summed E-state index contributed by atoms with van der Waals surface area (Å²) in [6.45, 7) is 0.947. The van der Waals surface area contributed by atoms with Gasteiger partial charge in [-0.3, -0.25) is 9.59 Å². The van der Waals surface area contributed by atoms with E-state index in [-0.39, 0.29) is 11.8 Å². The molecule has 0 saturated heterocycles. The van der Waals surface area contributed by atoms with Gasteiger partial charge in [-0.25, -0.2) is 0 Å². The van der Waals surface area contributed by atoms with Gasteiger partial charge in [0.05, 0.1) is 5.92 Å². The van der Waals surface area contributed by atoms with Crippen LogP contribution in [0.2, 0.25) is 0 Å². The van der Waals surface area contributed by atoms with Gasteiger partial charge in [0.25, 0.3) is 0 Å². The lowest BCUT2D eigenvalue weighted by Gasteiger charge is -2.25. The number of aryl methyl sites for hydroxylation is 1. The highest BCUT2D eigenvalue weighted by molar-refractivity contribution is 5.93. The van der Waals surface area contributed by atoms with Crippen molar-refractivity contribution >= 4 is 17.6 Å². The quantitative estimate of drug-likeness (QED) is 0.864. The molecule has 1 amide bonds. The highest BCUT2D eigenvalue weighted by Gasteiger charge is 2.31. The van der Waals surface area contributed by atoms with Crippen LogP contribution >= 0.6 is 0 Å². The van der Waals surface area contributed by atoms with Crippen LogP contribution in [0.1, 0.15) is 44.3 Å². The summed E-state index contributed by atoms with van der Waals surface area (Å²) >= 11 is 0. The second kappa shape index (κ2) is 7.50. The van der Waals surface area contributed by atoms with E-state index in [0.717, 1.165) is 61.5 Å². The molecule has 0 bridgehead atoms. The van der Waals surface area contributed by atoms with Crippen LogP contribution in [0.25, 0.3) is 11.4 Å². The number of rotatable bonds is 4. The molecule has 2 atom stereocenters. The Morgan fingerprint density at radius 2 is 1.81 bits per heavy atom. The molecule has 142 valence electrons. The van der Waals surface area contributed by atoms with Crippen molar-refractivity contribution in [1.29, 1.82) is 0 Å². The normalized spacial score (nSPS) is 22.1. The summed E-state index contributed by atoms with van der Waals surface area (Å²) in [5, 5.41) is 20.7. The molecule has 2 N–H and O–H groups in total. The number of fused-ring (bicyclic) bond motifs is 1. The summed E-state index contributed by atoms with van der Waals surface area (Å²) in [4.78, 5) is 23.7. The summed E-state index contributed by atoms with van der Waals surface area (Å²) in [5.41, 5.74) is 1.71. The fourth-order valence-electron chi connectivity index (χ4n) is 4.12. The molecular formula is C20H24N4O3. The van der Waals surface area contributed by atoms with Crippen molar-refractivity contribution < 1.29 is 14.7 Å². The number of nitrogens with zero attached hydrogens (tertiary/aromatic N) is 3. The zero-order valence-corrected chi connectivity index (χ0v) is 15.2. The van der Waals surface area contributed by atoms with Crippen LogP contribution in [-0.4, -0.2) is 31.7 Å². The predicted molar refractivity (Wildman–Crippen MR) is 100 cm³/mol. The van der Waals surface area contributed by atoms with Gasteiger partial charge in [0, 0.05) is 30.1 Å². The molecule has 2 heterocycles. The Morgan fingerprint density at radius 3 is 2.59 bits per heavy atom. The molecule has 1 aliphatic carbocycles. The van der Waals surface area contributed by atoms with E-state index in [1.54, 1.807) is 0 Å². The second-order valence-electron chi connectivity index (χ2n) is 7.51. The van der Waals surface area contributed by atoms with Crippen LogP contribution < -0.4 is 5.32 Å². The van der Waals surface area contributed by atoms with Gasteiger partial charge in [0.1, 0.15) is 5.82 Å². The molecule has 1 saturated carbocycles. The lowest BCUT2D eigenvalue weighted by atomic mass is 9.81. The standard InChI is InChI=1S/C20H24N4O3/c25-19(14-4-3-5-15(12-14)20(26)27)21-16-9-7-13(8-10-16)18-23-22-17-6-1-2-11-24(17)18/h7-10,14-15H,1-6,11-12H2,(H,21,25)(H,26,27). The van der Waals surface area contributed by atoms with Crippen molar-refractivity contribution in [3.63, 3.8) is 0 Å². The lowest BCUT2D eigenvalue weighted by molar-refractivity contribution is -0.143. The number of carboxylic acid groups (broad SMARTS) is 1. The number of amides is 1. The Balaban J connectivity index is 1.43. The van der Waals surface area contributed by atoms with Gasteiger partial charge in [-0.15, -0.1) is 10.2 Å². The SMILES string of the molecule is O=C(O)C1CCCC(C(=O)Nc2ccc(-c3nnc4n3CCCC4)cc2)C1. The summed E-state index contributed by atoms with van der Waals surface area (Å²) in [7, 11) is 0. The number of carbonyl (C=O) groups is 2. The van der Waals surface area contributed by atoms with Gasteiger partial charge in [-0.1, -0.05) is 6.42 Å². The number of hydrogen-bond acceptors (Lipinski definition) is 4. The molecule has 7 heteroatoms. The molecule has 4 rings (SSSR count). The number of hydrogen-bond donors (Lipinski definition) is 2. The van der Waals surface area contributed by atoms with E-state index in [2.05, 4.69) is 20.1 Å². The minimum atomic E-state index is -0.798. The van der Waals surface area contributed by atoms with Crippen molar-refractivity contribution in [2.75, 3.05) is 5.32 Å². The molecule has 27 heavy (non-hydrogen) atoms. The first-order chi connectivity index (χ1) is 13.1. The van der Waals surface area contributed by atoms with Crippen LogP contribution in [0.5, 0.6) is 0 Å². The van der Waals surface area contributed by atoms with Gasteiger partial charge in [-0.05, 0) is 56.4 Å². The molecular weight excluding hydrogens is 344 g/mol. The Kier molecular flexibility index (Phi) is 4.92. The molecule has 2 aromatic rings. The second-order valence-corrected chi connectivity index (χ2v) is 7.51. The third-order valence-corrected chi connectivity index (χ3v) is 5.66. The van der Waals surface area contributed by atoms with E-state index in [1.807, 2.05) is 24.3 Å². The number of carbonyl (C=O) groups excluding carboxylic acids is 1. The fraction of sp³-hybridized carbons (Fsp3) is 0.500. The Morgan fingerprint density at radius 1 is 1.04 bits per heavy atom. The fourth-order valence-corrected chi connectivity index (χ4v) is 4.12. The van der Waals surface area contributed by atoms with Crippen LogP contribution in [0.4, 0.5) is 5.69 Å². The average Bonchev–Trinajstić information content (AvgIpc) is 3.13.